The van der Waals surface area contributed by atoms with Crippen LogP contribution < -0.4 is 10.6 Å². The monoisotopic (exact) mass is 308 g/mol. The second-order valence-electron chi connectivity index (χ2n) is 3.48. The van der Waals surface area contributed by atoms with E-state index in [1.807, 2.05) is 0 Å². The van der Waals surface area contributed by atoms with Gasteiger partial charge in [0.1, 0.15) is 5.82 Å². The number of anilines is 1. The van der Waals surface area contributed by atoms with E-state index in [2.05, 4.69) is 15.9 Å². The number of rotatable bonds is 1. The van der Waals surface area contributed by atoms with Crippen LogP contribution in [-0.4, -0.2) is 18.5 Å². The average molecular weight is 310 g/mol. The van der Waals surface area contributed by atoms with Gasteiger partial charge in [0.25, 0.3) is 0 Å². The van der Waals surface area contributed by atoms with Crippen molar-refractivity contribution in [2.45, 2.75) is 12.5 Å². The summed E-state index contributed by atoms with van der Waals surface area (Å²) < 4.78 is 14.2. The van der Waals surface area contributed by atoms with Gasteiger partial charge < -0.3 is 10.6 Å². The van der Waals surface area contributed by atoms with Crippen molar-refractivity contribution in [2.75, 3.05) is 11.4 Å². The summed E-state index contributed by atoms with van der Waals surface area (Å²) >= 11 is 3.16. The van der Waals surface area contributed by atoms with Crippen LogP contribution in [-0.2, 0) is 4.79 Å². The van der Waals surface area contributed by atoms with Crippen LogP contribution in [0, 0.1) is 5.82 Å². The second-order valence-corrected chi connectivity index (χ2v) is 4.40. The molecule has 0 spiro atoms. The zero-order chi connectivity index (χ0) is 11.0. The molecule has 2 rings (SSSR count). The maximum absolute atomic E-state index is 13.5. The molecule has 88 valence electrons. The van der Waals surface area contributed by atoms with Crippen LogP contribution in [0.1, 0.15) is 6.42 Å². The summed E-state index contributed by atoms with van der Waals surface area (Å²) in [6.07, 6.45) is 0.578. The number of nitrogens with two attached hydrogens (primary N) is 1. The van der Waals surface area contributed by atoms with Crippen molar-refractivity contribution >= 4 is 39.9 Å². The fourth-order valence-corrected chi connectivity index (χ4v) is 1.97. The van der Waals surface area contributed by atoms with Crippen LogP contribution >= 0.6 is 28.3 Å². The maximum atomic E-state index is 13.5. The Bertz CT molecular complexity index is 416. The lowest BCUT2D eigenvalue weighted by molar-refractivity contribution is -0.118. The summed E-state index contributed by atoms with van der Waals surface area (Å²) in [5.74, 6) is -0.622. The molecule has 1 aliphatic rings. The quantitative estimate of drug-likeness (QED) is 0.863. The van der Waals surface area contributed by atoms with Crippen LogP contribution in [0.4, 0.5) is 10.1 Å². The number of nitrogens with zero attached hydrogens (tertiary/aromatic N) is 1. The number of hydrogen-bond donors (Lipinski definition) is 1. The van der Waals surface area contributed by atoms with Crippen molar-refractivity contribution in [1.29, 1.82) is 0 Å². The van der Waals surface area contributed by atoms with Gasteiger partial charge in [0.2, 0.25) is 5.91 Å². The standard InChI is InChI=1S/C10H10BrFN2O.ClH/c11-6-1-2-9(7(12)5-6)14-4-3-8(13)10(14)15;/h1-2,5,8H,3-4,13H2;1H/t8-;/m0./s1. The summed E-state index contributed by atoms with van der Waals surface area (Å²) in [7, 11) is 0. The zero-order valence-electron chi connectivity index (χ0n) is 8.32. The molecule has 1 heterocycles. The predicted octanol–water partition coefficient (Wildman–Crippen LogP) is 2.07. The Kier molecular flexibility index (Phi) is 4.29. The van der Waals surface area contributed by atoms with Crippen molar-refractivity contribution in [3.63, 3.8) is 0 Å². The van der Waals surface area contributed by atoms with Gasteiger partial charge in [-0.25, -0.2) is 4.39 Å². The molecule has 0 saturated carbocycles. The Morgan fingerprint density at radius 3 is 2.69 bits per heavy atom. The molecule has 0 aliphatic carbocycles. The van der Waals surface area contributed by atoms with Gasteiger partial charge in [-0.3, -0.25) is 4.79 Å². The van der Waals surface area contributed by atoms with Gasteiger partial charge >= 0.3 is 0 Å². The maximum Gasteiger partial charge on any atom is 0.244 e. The molecule has 1 amide bonds. The Morgan fingerprint density at radius 2 is 2.19 bits per heavy atom. The van der Waals surface area contributed by atoms with Gasteiger partial charge in [-0.05, 0) is 24.6 Å². The van der Waals surface area contributed by atoms with Gasteiger partial charge in [0.15, 0.2) is 0 Å². The van der Waals surface area contributed by atoms with Crippen molar-refractivity contribution in [3.05, 3.63) is 28.5 Å². The number of hydrogen-bond acceptors (Lipinski definition) is 2. The normalized spacial score (nSPS) is 19.8. The van der Waals surface area contributed by atoms with Gasteiger partial charge in [-0.15, -0.1) is 12.4 Å². The molecule has 1 atom stereocenters. The zero-order valence-corrected chi connectivity index (χ0v) is 10.7. The number of benzene rings is 1. The third-order valence-electron chi connectivity index (χ3n) is 2.45. The highest BCUT2D eigenvalue weighted by molar-refractivity contribution is 9.10. The lowest BCUT2D eigenvalue weighted by Crippen LogP contribution is -2.34. The van der Waals surface area contributed by atoms with Crippen LogP contribution in [0.2, 0.25) is 0 Å². The van der Waals surface area contributed by atoms with Crippen molar-refractivity contribution < 1.29 is 9.18 Å². The minimum Gasteiger partial charge on any atom is -0.320 e. The molecule has 1 aliphatic heterocycles. The molecule has 0 bridgehead atoms. The van der Waals surface area contributed by atoms with Gasteiger partial charge in [0, 0.05) is 11.0 Å². The molecule has 2 N–H and O–H groups in total. The van der Waals surface area contributed by atoms with Crippen molar-refractivity contribution in [3.8, 4) is 0 Å². The largest absolute Gasteiger partial charge is 0.320 e. The first kappa shape index (κ1) is 13.4. The van der Waals surface area contributed by atoms with Gasteiger partial charge in [-0.1, -0.05) is 15.9 Å². The number of halogens is 3. The van der Waals surface area contributed by atoms with E-state index in [0.717, 1.165) is 0 Å². The van der Waals surface area contributed by atoms with E-state index in [-0.39, 0.29) is 18.3 Å². The fourth-order valence-electron chi connectivity index (χ4n) is 1.64. The molecular formula is C10H11BrClFN2O. The molecule has 6 heteroatoms. The number of carbonyl (C=O) groups excluding carboxylic acids is 1. The molecule has 1 saturated heterocycles. The highest BCUT2D eigenvalue weighted by Crippen LogP contribution is 2.26. The third-order valence-corrected chi connectivity index (χ3v) is 2.94. The summed E-state index contributed by atoms with van der Waals surface area (Å²) in [5, 5.41) is 0. The molecular weight excluding hydrogens is 298 g/mol. The minimum absolute atomic E-state index is 0. The summed E-state index contributed by atoms with van der Waals surface area (Å²) in [5.41, 5.74) is 5.87. The average Bonchev–Trinajstić information content (AvgIpc) is 2.49. The SMILES string of the molecule is Cl.N[C@H]1CCN(c2ccc(Br)cc2F)C1=O. The van der Waals surface area contributed by atoms with E-state index < -0.39 is 11.9 Å². The lowest BCUT2D eigenvalue weighted by Gasteiger charge is -2.16. The molecule has 0 aromatic heterocycles. The van der Waals surface area contributed by atoms with E-state index in [4.69, 9.17) is 5.73 Å². The summed E-state index contributed by atoms with van der Waals surface area (Å²) in [6.45, 7) is 0.485. The van der Waals surface area contributed by atoms with E-state index in [1.165, 1.54) is 11.0 Å². The first-order valence-electron chi connectivity index (χ1n) is 4.61. The molecule has 1 fully saturated rings. The number of carbonyl (C=O) groups is 1. The Morgan fingerprint density at radius 1 is 1.50 bits per heavy atom. The summed E-state index contributed by atoms with van der Waals surface area (Å²) in [6, 6.07) is 4.13. The molecule has 0 unspecified atom stereocenters. The second kappa shape index (κ2) is 5.12. The first-order chi connectivity index (χ1) is 7.09. The molecule has 1 aromatic rings. The van der Waals surface area contributed by atoms with Crippen molar-refractivity contribution in [1.82, 2.24) is 0 Å². The third kappa shape index (κ3) is 2.36. The van der Waals surface area contributed by atoms with E-state index in [1.54, 1.807) is 12.1 Å². The fraction of sp³-hybridized carbons (Fsp3) is 0.300. The predicted molar refractivity (Wildman–Crippen MR) is 66.3 cm³/mol. The Labute approximate surface area is 107 Å². The van der Waals surface area contributed by atoms with E-state index in [9.17, 15) is 9.18 Å². The lowest BCUT2D eigenvalue weighted by atomic mass is 10.2. The van der Waals surface area contributed by atoms with Crippen LogP contribution in [0.15, 0.2) is 22.7 Å². The van der Waals surface area contributed by atoms with E-state index >= 15 is 0 Å². The Balaban J connectivity index is 0.00000128. The summed E-state index contributed by atoms with van der Waals surface area (Å²) in [4.78, 5) is 13.0. The van der Waals surface area contributed by atoms with Gasteiger partial charge in [0.05, 0.1) is 11.7 Å². The van der Waals surface area contributed by atoms with Crippen LogP contribution in [0.3, 0.4) is 0 Å². The molecule has 3 nitrogen and oxygen atoms in total. The number of amides is 1. The smallest absolute Gasteiger partial charge is 0.244 e. The Hall–Kier alpha value is -0.650. The highest BCUT2D eigenvalue weighted by atomic mass is 79.9. The van der Waals surface area contributed by atoms with Crippen molar-refractivity contribution in [2.24, 2.45) is 5.73 Å². The molecule has 0 radical (unpaired) electrons. The topological polar surface area (TPSA) is 46.3 Å². The first-order valence-corrected chi connectivity index (χ1v) is 5.41. The minimum atomic E-state index is -0.493. The molecule has 1 aromatic carbocycles. The van der Waals surface area contributed by atoms with E-state index in [0.29, 0.717) is 23.1 Å². The van der Waals surface area contributed by atoms with Crippen LogP contribution in [0.5, 0.6) is 0 Å². The van der Waals surface area contributed by atoms with Crippen LogP contribution in [0.25, 0.3) is 0 Å². The molecule has 16 heavy (non-hydrogen) atoms. The highest BCUT2D eigenvalue weighted by Gasteiger charge is 2.30. The van der Waals surface area contributed by atoms with Gasteiger partial charge in [-0.2, -0.15) is 0 Å².